The molecule has 0 aromatic heterocycles. The molecule has 0 spiro atoms. The second kappa shape index (κ2) is 4.49. The van der Waals surface area contributed by atoms with E-state index in [9.17, 15) is 5.11 Å². The van der Waals surface area contributed by atoms with E-state index in [1.807, 2.05) is 0 Å². The molecule has 1 heterocycles. The van der Waals surface area contributed by atoms with Gasteiger partial charge in [-0.3, -0.25) is 0 Å². The maximum Gasteiger partial charge on any atom is 0.0576 e. The average molecular weight is 250 g/mol. The number of hydrogen-bond donors (Lipinski definition) is 1. The van der Waals surface area contributed by atoms with Crippen molar-refractivity contribution >= 4 is 0 Å². The SMILES string of the molecule is OC(CCCC1CCCO1)C1C2C3CCC(C3)C12. The van der Waals surface area contributed by atoms with Gasteiger partial charge in [-0.05, 0) is 81.0 Å². The van der Waals surface area contributed by atoms with Crippen molar-refractivity contribution in [1.82, 2.24) is 0 Å². The number of ether oxygens (including phenoxy) is 1. The predicted octanol–water partition coefficient (Wildman–Crippen LogP) is 2.99. The molecule has 6 atom stereocenters. The molecule has 0 aromatic rings. The van der Waals surface area contributed by atoms with E-state index in [1.54, 1.807) is 0 Å². The minimum absolute atomic E-state index is 0.00445. The molecule has 2 nitrogen and oxygen atoms in total. The number of fused-ring (bicyclic) bond motifs is 5. The molecule has 1 aliphatic heterocycles. The van der Waals surface area contributed by atoms with Gasteiger partial charge in [0, 0.05) is 6.61 Å². The van der Waals surface area contributed by atoms with Crippen LogP contribution in [0.25, 0.3) is 0 Å². The number of aliphatic hydroxyl groups excluding tert-OH is 1. The minimum atomic E-state index is 0.00445. The van der Waals surface area contributed by atoms with Crippen LogP contribution in [0.5, 0.6) is 0 Å². The Balaban J connectivity index is 1.22. The molecule has 3 saturated carbocycles. The minimum Gasteiger partial charge on any atom is -0.393 e. The van der Waals surface area contributed by atoms with Gasteiger partial charge in [-0.1, -0.05) is 0 Å². The summed E-state index contributed by atoms with van der Waals surface area (Å²) in [5.74, 6) is 4.55. The summed E-state index contributed by atoms with van der Waals surface area (Å²) in [6.45, 7) is 0.962. The molecular weight excluding hydrogens is 224 g/mol. The van der Waals surface area contributed by atoms with Gasteiger partial charge in [0.05, 0.1) is 12.2 Å². The fourth-order valence-corrected chi connectivity index (χ4v) is 5.53. The summed E-state index contributed by atoms with van der Waals surface area (Å²) in [6, 6.07) is 0. The monoisotopic (exact) mass is 250 g/mol. The van der Waals surface area contributed by atoms with Crippen LogP contribution in [0.15, 0.2) is 0 Å². The fourth-order valence-electron chi connectivity index (χ4n) is 5.53. The van der Waals surface area contributed by atoms with E-state index in [0.29, 0.717) is 12.0 Å². The van der Waals surface area contributed by atoms with Crippen LogP contribution >= 0.6 is 0 Å². The lowest BCUT2D eigenvalue weighted by Gasteiger charge is -2.16. The van der Waals surface area contributed by atoms with Gasteiger partial charge in [-0.2, -0.15) is 0 Å². The molecule has 2 bridgehead atoms. The predicted molar refractivity (Wildman–Crippen MR) is 70.1 cm³/mol. The molecule has 0 aromatic carbocycles. The van der Waals surface area contributed by atoms with Crippen LogP contribution in [-0.4, -0.2) is 23.9 Å². The zero-order valence-electron chi connectivity index (χ0n) is 11.3. The Morgan fingerprint density at radius 1 is 1.11 bits per heavy atom. The van der Waals surface area contributed by atoms with Crippen LogP contribution in [0.1, 0.15) is 51.4 Å². The maximum absolute atomic E-state index is 10.4. The van der Waals surface area contributed by atoms with Crippen molar-refractivity contribution in [3.05, 3.63) is 0 Å². The Labute approximate surface area is 110 Å². The molecule has 2 heteroatoms. The summed E-state index contributed by atoms with van der Waals surface area (Å²) >= 11 is 0. The molecule has 3 aliphatic carbocycles. The Kier molecular flexibility index (Phi) is 2.92. The van der Waals surface area contributed by atoms with Gasteiger partial charge >= 0.3 is 0 Å². The lowest BCUT2D eigenvalue weighted by molar-refractivity contribution is 0.0858. The summed E-state index contributed by atoms with van der Waals surface area (Å²) in [4.78, 5) is 0. The topological polar surface area (TPSA) is 29.5 Å². The molecule has 0 radical (unpaired) electrons. The van der Waals surface area contributed by atoms with Gasteiger partial charge < -0.3 is 9.84 Å². The summed E-state index contributed by atoms with van der Waals surface area (Å²) < 4.78 is 5.65. The van der Waals surface area contributed by atoms with E-state index in [4.69, 9.17) is 4.74 Å². The van der Waals surface area contributed by atoms with Crippen LogP contribution in [0.2, 0.25) is 0 Å². The van der Waals surface area contributed by atoms with E-state index in [0.717, 1.165) is 43.1 Å². The van der Waals surface area contributed by atoms with Gasteiger partial charge in [0.2, 0.25) is 0 Å². The van der Waals surface area contributed by atoms with Crippen LogP contribution in [0.4, 0.5) is 0 Å². The zero-order valence-corrected chi connectivity index (χ0v) is 11.3. The lowest BCUT2D eigenvalue weighted by Crippen LogP contribution is -2.16. The molecular formula is C16H26O2. The highest BCUT2D eigenvalue weighted by Crippen LogP contribution is 2.70. The van der Waals surface area contributed by atoms with E-state index in [-0.39, 0.29) is 6.10 Å². The van der Waals surface area contributed by atoms with Gasteiger partial charge in [0.25, 0.3) is 0 Å². The highest BCUT2D eigenvalue weighted by atomic mass is 16.5. The van der Waals surface area contributed by atoms with Crippen LogP contribution in [0, 0.1) is 29.6 Å². The second-order valence-corrected chi connectivity index (χ2v) is 7.20. The first-order valence-electron chi connectivity index (χ1n) is 8.14. The average Bonchev–Trinajstić information content (AvgIpc) is 2.80. The summed E-state index contributed by atoms with van der Waals surface area (Å²) in [7, 11) is 0. The maximum atomic E-state index is 10.4. The Bertz CT molecular complexity index is 294. The molecule has 0 amide bonds. The van der Waals surface area contributed by atoms with E-state index >= 15 is 0 Å². The Morgan fingerprint density at radius 2 is 1.89 bits per heavy atom. The normalized spacial score (nSPS) is 50.5. The van der Waals surface area contributed by atoms with Crippen LogP contribution in [0.3, 0.4) is 0 Å². The molecule has 1 N–H and O–H groups in total. The first-order valence-corrected chi connectivity index (χ1v) is 8.14. The second-order valence-electron chi connectivity index (χ2n) is 7.20. The van der Waals surface area contributed by atoms with Crippen molar-refractivity contribution in [1.29, 1.82) is 0 Å². The lowest BCUT2D eigenvalue weighted by atomic mass is 9.95. The summed E-state index contributed by atoms with van der Waals surface area (Å²) in [5.41, 5.74) is 0. The summed E-state index contributed by atoms with van der Waals surface area (Å²) in [5, 5.41) is 10.4. The van der Waals surface area contributed by atoms with Crippen molar-refractivity contribution in [2.75, 3.05) is 6.61 Å². The van der Waals surface area contributed by atoms with Gasteiger partial charge in [0.1, 0.15) is 0 Å². The van der Waals surface area contributed by atoms with Gasteiger partial charge in [0.15, 0.2) is 0 Å². The van der Waals surface area contributed by atoms with Crippen molar-refractivity contribution < 1.29 is 9.84 Å². The fraction of sp³-hybridized carbons (Fsp3) is 1.00. The van der Waals surface area contributed by atoms with E-state index < -0.39 is 0 Å². The van der Waals surface area contributed by atoms with E-state index in [2.05, 4.69) is 0 Å². The Hall–Kier alpha value is -0.0800. The van der Waals surface area contributed by atoms with Crippen molar-refractivity contribution in [2.45, 2.75) is 63.6 Å². The molecule has 4 aliphatic rings. The van der Waals surface area contributed by atoms with Gasteiger partial charge in [-0.25, -0.2) is 0 Å². The third kappa shape index (κ3) is 1.84. The highest BCUT2D eigenvalue weighted by Gasteiger charge is 2.66. The molecule has 6 unspecified atom stereocenters. The first kappa shape index (κ1) is 11.7. The highest BCUT2D eigenvalue weighted by molar-refractivity contribution is 5.14. The van der Waals surface area contributed by atoms with Crippen LogP contribution < -0.4 is 0 Å². The standard InChI is InChI=1S/C16H26O2/c17-13(5-1-3-12-4-2-8-18-12)16-14-10-6-7-11(9-10)15(14)16/h10-17H,1-9H2. The number of aliphatic hydroxyl groups is 1. The molecule has 102 valence electrons. The third-order valence-corrected chi connectivity index (χ3v) is 6.29. The first-order chi connectivity index (χ1) is 8.84. The molecule has 4 fully saturated rings. The molecule has 1 saturated heterocycles. The van der Waals surface area contributed by atoms with Crippen LogP contribution in [-0.2, 0) is 4.74 Å². The van der Waals surface area contributed by atoms with Gasteiger partial charge in [-0.15, -0.1) is 0 Å². The zero-order chi connectivity index (χ0) is 12.1. The number of hydrogen-bond acceptors (Lipinski definition) is 2. The summed E-state index contributed by atoms with van der Waals surface area (Å²) in [6.07, 6.45) is 10.8. The molecule has 4 rings (SSSR count). The largest absolute Gasteiger partial charge is 0.393 e. The smallest absolute Gasteiger partial charge is 0.0576 e. The van der Waals surface area contributed by atoms with Crippen molar-refractivity contribution in [2.24, 2.45) is 29.6 Å². The number of rotatable bonds is 5. The van der Waals surface area contributed by atoms with Crippen molar-refractivity contribution in [3.8, 4) is 0 Å². The molecule has 18 heavy (non-hydrogen) atoms. The quantitative estimate of drug-likeness (QED) is 0.813. The third-order valence-electron chi connectivity index (χ3n) is 6.29. The van der Waals surface area contributed by atoms with E-state index in [1.165, 1.54) is 38.5 Å². The Morgan fingerprint density at radius 3 is 2.56 bits per heavy atom. The van der Waals surface area contributed by atoms with Crippen molar-refractivity contribution in [3.63, 3.8) is 0 Å².